The highest BCUT2D eigenvalue weighted by molar-refractivity contribution is 5.96. The lowest BCUT2D eigenvalue weighted by Gasteiger charge is -2.49. The number of carbonyl (C=O) groups is 3. The van der Waals surface area contributed by atoms with Gasteiger partial charge in [-0.15, -0.1) is 0 Å². The minimum absolute atomic E-state index is 0.0389. The fraction of sp³-hybridized carbons (Fsp3) is 0.767. The highest BCUT2D eigenvalue weighted by Crippen LogP contribution is 2.72. The highest BCUT2D eigenvalue weighted by atomic mass is 16.6. The molecule has 0 amide bonds. The topological polar surface area (TPSA) is 130 Å². The number of allylic oxidation sites excluding steroid dienone is 1. The Hall–Kier alpha value is -2.03. The Morgan fingerprint density at radius 1 is 1.16 bits per heavy atom. The van der Waals surface area contributed by atoms with Crippen LogP contribution >= 0.6 is 0 Å². The van der Waals surface area contributed by atoms with Crippen LogP contribution in [0.25, 0.3) is 0 Å². The Kier molecular flexibility index (Phi) is 4.95. The van der Waals surface area contributed by atoms with E-state index in [1.165, 1.54) is 0 Å². The number of carbonyl (C=O) groups excluding carboxylic acids is 3. The van der Waals surface area contributed by atoms with Gasteiger partial charge in [-0.3, -0.25) is 9.59 Å². The van der Waals surface area contributed by atoms with E-state index in [9.17, 15) is 29.7 Å². The molecule has 1 spiro atoms. The van der Waals surface area contributed by atoms with Crippen molar-refractivity contribution in [1.29, 1.82) is 0 Å². The smallest absolute Gasteiger partial charge is 0.351 e. The molecule has 4 bridgehead atoms. The van der Waals surface area contributed by atoms with Crippen molar-refractivity contribution >= 4 is 17.7 Å². The number of hydrogen-bond acceptors (Lipinski definition) is 8. The van der Waals surface area contributed by atoms with Gasteiger partial charge in [0.15, 0.2) is 17.5 Å². The second-order valence-electron chi connectivity index (χ2n) is 14.3. The molecule has 38 heavy (non-hydrogen) atoms. The largest absolute Gasteiger partial charge is 0.452 e. The van der Waals surface area contributed by atoms with E-state index in [0.717, 1.165) is 0 Å². The number of Topliss-reactive ketones (excluding diaryl/α,β-unsaturated/α-hetero) is 1. The van der Waals surface area contributed by atoms with Crippen molar-refractivity contribution in [1.82, 2.24) is 0 Å². The van der Waals surface area contributed by atoms with Crippen LogP contribution in [-0.2, 0) is 23.9 Å². The van der Waals surface area contributed by atoms with Crippen LogP contribution in [0.1, 0.15) is 67.7 Å². The first kappa shape index (κ1) is 26.2. The number of ketones is 1. The Morgan fingerprint density at radius 2 is 1.82 bits per heavy atom. The maximum atomic E-state index is 14.5. The summed E-state index contributed by atoms with van der Waals surface area (Å²) in [6.45, 7) is 12.8. The summed E-state index contributed by atoms with van der Waals surface area (Å²) in [7, 11) is 0. The zero-order chi connectivity index (χ0) is 28.0. The highest BCUT2D eigenvalue weighted by Gasteiger charge is 2.79. The van der Waals surface area contributed by atoms with E-state index in [2.05, 4.69) is 13.8 Å². The average molecular weight is 529 g/mol. The summed E-state index contributed by atoms with van der Waals surface area (Å²) in [5.74, 6) is -2.06. The molecular formula is C30H40O8. The van der Waals surface area contributed by atoms with E-state index in [1.54, 1.807) is 26.0 Å². The molecule has 4 fully saturated rings. The Morgan fingerprint density at radius 3 is 2.37 bits per heavy atom. The quantitative estimate of drug-likeness (QED) is 0.376. The van der Waals surface area contributed by atoms with Gasteiger partial charge in [0, 0.05) is 11.3 Å². The number of esters is 2. The molecule has 6 aliphatic rings. The van der Waals surface area contributed by atoms with Gasteiger partial charge in [-0.1, -0.05) is 46.8 Å². The number of ether oxygens (including phenoxy) is 2. The molecule has 1 heterocycles. The number of rotatable bonds is 3. The number of aliphatic hydroxyl groups is 3. The second kappa shape index (κ2) is 7.18. The lowest BCUT2D eigenvalue weighted by Crippen LogP contribution is -2.66. The monoisotopic (exact) mass is 528 g/mol. The Bertz CT molecular complexity index is 1230. The van der Waals surface area contributed by atoms with Crippen LogP contribution in [0.4, 0.5) is 0 Å². The first-order valence-electron chi connectivity index (χ1n) is 13.9. The Labute approximate surface area is 223 Å². The molecule has 1 aliphatic heterocycles. The van der Waals surface area contributed by atoms with Crippen molar-refractivity contribution < 1.29 is 39.2 Å². The maximum Gasteiger partial charge on any atom is 0.351 e. The molecule has 0 aromatic heterocycles. The number of fused-ring (bicyclic) bond motifs is 5. The summed E-state index contributed by atoms with van der Waals surface area (Å²) < 4.78 is 11.8. The van der Waals surface area contributed by atoms with E-state index in [-0.39, 0.29) is 34.5 Å². The van der Waals surface area contributed by atoms with E-state index < -0.39 is 64.1 Å². The van der Waals surface area contributed by atoms with Crippen molar-refractivity contribution in [2.75, 3.05) is 6.61 Å². The molecule has 1 saturated heterocycles. The predicted octanol–water partition coefficient (Wildman–Crippen LogP) is 2.49. The average Bonchev–Trinajstić information content (AvgIpc) is 3.17. The molecule has 0 aromatic rings. The van der Waals surface area contributed by atoms with Crippen LogP contribution in [0.2, 0.25) is 0 Å². The summed E-state index contributed by atoms with van der Waals surface area (Å²) in [5.41, 5.74) is -6.40. The van der Waals surface area contributed by atoms with E-state index in [1.807, 2.05) is 20.8 Å². The third kappa shape index (κ3) is 2.48. The van der Waals surface area contributed by atoms with Crippen LogP contribution in [0.3, 0.4) is 0 Å². The predicted molar refractivity (Wildman–Crippen MR) is 135 cm³/mol. The zero-order valence-corrected chi connectivity index (χ0v) is 23.3. The van der Waals surface area contributed by atoms with Crippen molar-refractivity contribution in [2.45, 2.75) is 91.1 Å². The van der Waals surface area contributed by atoms with Crippen molar-refractivity contribution in [2.24, 2.45) is 45.3 Å². The van der Waals surface area contributed by atoms with Crippen LogP contribution in [0.15, 0.2) is 23.3 Å². The molecule has 3 N–H and O–H groups in total. The van der Waals surface area contributed by atoms with Gasteiger partial charge in [0.25, 0.3) is 0 Å². The van der Waals surface area contributed by atoms with Gasteiger partial charge in [-0.25, -0.2) is 4.79 Å². The Balaban J connectivity index is 1.46. The van der Waals surface area contributed by atoms with Gasteiger partial charge in [-0.05, 0) is 67.4 Å². The van der Waals surface area contributed by atoms with E-state index in [4.69, 9.17) is 9.47 Å². The number of aliphatic hydroxyl groups excluding tert-OH is 2. The minimum Gasteiger partial charge on any atom is -0.452 e. The van der Waals surface area contributed by atoms with Crippen LogP contribution < -0.4 is 0 Å². The van der Waals surface area contributed by atoms with Gasteiger partial charge < -0.3 is 24.8 Å². The maximum absolute atomic E-state index is 14.5. The van der Waals surface area contributed by atoms with Crippen molar-refractivity contribution in [3.05, 3.63) is 23.3 Å². The van der Waals surface area contributed by atoms with Gasteiger partial charge in [0.1, 0.15) is 6.10 Å². The first-order valence-corrected chi connectivity index (χ1v) is 13.9. The summed E-state index contributed by atoms with van der Waals surface area (Å²) in [6.07, 6.45) is 1.80. The molecule has 8 heteroatoms. The minimum atomic E-state index is -2.22. The molecule has 5 aliphatic carbocycles. The molecule has 6 rings (SSSR count). The third-order valence-corrected chi connectivity index (χ3v) is 12.5. The standard InChI is InChI=1S/C30H40O8/c1-14-12-28-15(2)10-18-19(25(18,3)4)17(21(28)33)11-16(13-31)20(32)30(28,36)22(14)37-24(35)29-9-8-27(7,23(34)38-29)26(29,5)6/h11-12,15,17-20,22,31-32,36H,8-10,13H2,1-7H3/t15-,17+,18-,19+,20-,22+,27?,28+,29?,30+/m1/s1. The zero-order valence-electron chi connectivity index (χ0n) is 23.3. The summed E-state index contributed by atoms with van der Waals surface area (Å²) in [4.78, 5) is 41.3. The molecule has 0 radical (unpaired) electrons. The third-order valence-electron chi connectivity index (χ3n) is 12.5. The molecular weight excluding hydrogens is 488 g/mol. The summed E-state index contributed by atoms with van der Waals surface area (Å²) in [5, 5.41) is 34.6. The van der Waals surface area contributed by atoms with Crippen LogP contribution in [0, 0.1) is 45.3 Å². The lowest BCUT2D eigenvalue weighted by atomic mass is 9.59. The normalized spacial score (nSPS) is 51.2. The molecule has 0 aromatic carbocycles. The first-order chi connectivity index (χ1) is 17.5. The molecule has 8 nitrogen and oxygen atoms in total. The van der Waals surface area contributed by atoms with E-state index >= 15 is 0 Å². The SMILES string of the molecule is CC1=C[C@]23C(=O)[C@@H](C=C(CO)[C@@H](O)[C@]2(O)[C@H]1OC(=O)C12CCC(C)(C(=O)O1)C2(C)C)[C@H]1[C@@H](C[C@H]3C)C1(C)C. The van der Waals surface area contributed by atoms with Crippen molar-refractivity contribution in [3.63, 3.8) is 0 Å². The fourth-order valence-electron chi connectivity index (χ4n) is 9.50. The molecule has 208 valence electrons. The fourth-order valence-corrected chi connectivity index (χ4v) is 9.50. The van der Waals surface area contributed by atoms with Gasteiger partial charge in [0.2, 0.25) is 5.60 Å². The van der Waals surface area contributed by atoms with Crippen LogP contribution in [0.5, 0.6) is 0 Å². The number of hydrogen-bond donors (Lipinski definition) is 3. The van der Waals surface area contributed by atoms with Gasteiger partial charge in [-0.2, -0.15) is 0 Å². The molecule has 3 saturated carbocycles. The van der Waals surface area contributed by atoms with E-state index in [0.29, 0.717) is 24.8 Å². The van der Waals surface area contributed by atoms with Crippen LogP contribution in [-0.4, -0.2) is 63.1 Å². The lowest BCUT2D eigenvalue weighted by molar-refractivity contribution is -0.216. The summed E-state index contributed by atoms with van der Waals surface area (Å²) in [6, 6.07) is 0. The van der Waals surface area contributed by atoms with Crippen molar-refractivity contribution in [3.8, 4) is 0 Å². The second-order valence-corrected chi connectivity index (χ2v) is 14.3. The molecule has 10 atom stereocenters. The summed E-state index contributed by atoms with van der Waals surface area (Å²) >= 11 is 0. The van der Waals surface area contributed by atoms with Gasteiger partial charge in [0.05, 0.1) is 17.4 Å². The van der Waals surface area contributed by atoms with Gasteiger partial charge >= 0.3 is 11.9 Å². The molecule has 2 unspecified atom stereocenters.